The van der Waals surface area contributed by atoms with Crippen LogP contribution in [0.2, 0.25) is 0 Å². The second-order valence-electron chi connectivity index (χ2n) is 4.99. The quantitative estimate of drug-likeness (QED) is 0.844. The second kappa shape index (κ2) is 5.17. The third-order valence-electron chi connectivity index (χ3n) is 2.45. The molecule has 94 valence electrons. The van der Waals surface area contributed by atoms with Crippen LogP contribution >= 0.6 is 0 Å². The molecule has 4 heteroatoms. The van der Waals surface area contributed by atoms with Gasteiger partial charge in [-0.2, -0.15) is 0 Å². The van der Waals surface area contributed by atoms with E-state index in [-0.39, 0.29) is 11.3 Å². The van der Waals surface area contributed by atoms with Gasteiger partial charge in [-0.05, 0) is 19.1 Å². The monoisotopic (exact) mass is 235 g/mol. The molecule has 0 aliphatic heterocycles. The molecular formula is C13H21N3O. The van der Waals surface area contributed by atoms with Crippen LogP contribution in [0.3, 0.4) is 0 Å². The molecule has 0 spiro atoms. The summed E-state index contributed by atoms with van der Waals surface area (Å²) < 4.78 is 0. The Morgan fingerprint density at radius 3 is 2.47 bits per heavy atom. The Morgan fingerprint density at radius 2 is 2.00 bits per heavy atom. The molecule has 0 aliphatic rings. The first-order valence-corrected chi connectivity index (χ1v) is 5.87. The lowest BCUT2D eigenvalue weighted by Crippen LogP contribution is -2.24. The van der Waals surface area contributed by atoms with Crippen LogP contribution in [-0.2, 0) is 5.41 Å². The minimum Gasteiger partial charge on any atom is -0.373 e. The van der Waals surface area contributed by atoms with Gasteiger partial charge in [-0.25, -0.2) is 4.98 Å². The zero-order chi connectivity index (χ0) is 13.1. The highest BCUT2D eigenvalue weighted by atomic mass is 16.1. The number of rotatable bonds is 3. The molecule has 1 amide bonds. The standard InChI is InChI=1S/C13H21N3O/c1-6-15-12(17)9-7-10(13(2,3)4)16-11(8-9)14-5/h7-8H,6H2,1-5H3,(H,14,16)(H,15,17). The smallest absolute Gasteiger partial charge is 0.251 e. The van der Waals surface area contributed by atoms with Crippen LogP contribution in [0.25, 0.3) is 0 Å². The number of anilines is 1. The number of hydrogen-bond acceptors (Lipinski definition) is 3. The Balaban J connectivity index is 3.19. The number of nitrogens with zero attached hydrogens (tertiary/aromatic N) is 1. The van der Waals surface area contributed by atoms with Crippen molar-refractivity contribution < 1.29 is 4.79 Å². The van der Waals surface area contributed by atoms with E-state index >= 15 is 0 Å². The van der Waals surface area contributed by atoms with Gasteiger partial charge in [0.2, 0.25) is 0 Å². The van der Waals surface area contributed by atoms with E-state index < -0.39 is 0 Å². The van der Waals surface area contributed by atoms with Gasteiger partial charge in [-0.15, -0.1) is 0 Å². The predicted octanol–water partition coefficient (Wildman–Crippen LogP) is 2.17. The van der Waals surface area contributed by atoms with Crippen molar-refractivity contribution >= 4 is 11.7 Å². The average molecular weight is 235 g/mol. The Morgan fingerprint density at radius 1 is 1.35 bits per heavy atom. The molecular weight excluding hydrogens is 214 g/mol. The first-order valence-electron chi connectivity index (χ1n) is 5.87. The van der Waals surface area contributed by atoms with Crippen LogP contribution in [0.4, 0.5) is 5.82 Å². The zero-order valence-corrected chi connectivity index (χ0v) is 11.2. The summed E-state index contributed by atoms with van der Waals surface area (Å²) in [6, 6.07) is 3.62. The van der Waals surface area contributed by atoms with E-state index in [1.165, 1.54) is 0 Å². The van der Waals surface area contributed by atoms with Gasteiger partial charge in [0, 0.05) is 30.3 Å². The van der Waals surface area contributed by atoms with Crippen LogP contribution in [0.15, 0.2) is 12.1 Å². The highest BCUT2D eigenvalue weighted by Crippen LogP contribution is 2.23. The fraction of sp³-hybridized carbons (Fsp3) is 0.538. The van der Waals surface area contributed by atoms with Crippen LogP contribution in [0, 0.1) is 0 Å². The largest absolute Gasteiger partial charge is 0.373 e. The van der Waals surface area contributed by atoms with E-state index in [0.717, 1.165) is 11.5 Å². The second-order valence-corrected chi connectivity index (χ2v) is 4.99. The number of pyridine rings is 1. The Kier molecular flexibility index (Phi) is 4.10. The molecule has 2 N–H and O–H groups in total. The van der Waals surface area contributed by atoms with Crippen molar-refractivity contribution in [2.45, 2.75) is 33.1 Å². The van der Waals surface area contributed by atoms with Gasteiger partial charge in [0.15, 0.2) is 0 Å². The van der Waals surface area contributed by atoms with Crippen molar-refractivity contribution in [3.05, 3.63) is 23.4 Å². The Hall–Kier alpha value is -1.58. The van der Waals surface area contributed by atoms with Gasteiger partial charge in [-0.1, -0.05) is 20.8 Å². The molecule has 0 aliphatic carbocycles. The molecule has 1 aromatic heterocycles. The van der Waals surface area contributed by atoms with E-state index in [4.69, 9.17) is 0 Å². The lowest BCUT2D eigenvalue weighted by atomic mass is 9.90. The third kappa shape index (κ3) is 3.44. The van der Waals surface area contributed by atoms with Gasteiger partial charge in [0.1, 0.15) is 5.82 Å². The first-order chi connectivity index (χ1) is 7.88. The van der Waals surface area contributed by atoms with Crippen molar-refractivity contribution in [3.8, 4) is 0 Å². The fourth-order valence-electron chi connectivity index (χ4n) is 1.44. The minimum absolute atomic E-state index is 0.0584. The molecule has 1 aromatic rings. The van der Waals surface area contributed by atoms with Crippen LogP contribution in [-0.4, -0.2) is 24.5 Å². The first kappa shape index (κ1) is 13.5. The molecule has 1 rings (SSSR count). The van der Waals surface area contributed by atoms with Gasteiger partial charge in [-0.3, -0.25) is 4.79 Å². The summed E-state index contributed by atoms with van der Waals surface area (Å²) in [7, 11) is 1.80. The van der Waals surface area contributed by atoms with Crippen molar-refractivity contribution in [2.24, 2.45) is 0 Å². The lowest BCUT2D eigenvalue weighted by Gasteiger charge is -2.19. The van der Waals surface area contributed by atoms with E-state index in [0.29, 0.717) is 12.1 Å². The van der Waals surface area contributed by atoms with Crippen molar-refractivity contribution in [1.82, 2.24) is 10.3 Å². The van der Waals surface area contributed by atoms with E-state index in [1.54, 1.807) is 13.1 Å². The molecule has 0 radical (unpaired) electrons. The normalized spacial score (nSPS) is 11.1. The van der Waals surface area contributed by atoms with Crippen molar-refractivity contribution in [3.63, 3.8) is 0 Å². The number of carbonyl (C=O) groups excluding carboxylic acids is 1. The summed E-state index contributed by atoms with van der Waals surface area (Å²) in [6.07, 6.45) is 0. The molecule has 0 unspecified atom stereocenters. The molecule has 1 heterocycles. The van der Waals surface area contributed by atoms with E-state index in [9.17, 15) is 4.79 Å². The maximum atomic E-state index is 11.8. The van der Waals surface area contributed by atoms with Gasteiger partial charge in [0.05, 0.1) is 0 Å². The SMILES string of the molecule is CCNC(=O)c1cc(NC)nc(C(C)(C)C)c1. The highest BCUT2D eigenvalue weighted by molar-refractivity contribution is 5.95. The van der Waals surface area contributed by atoms with Crippen LogP contribution in [0.1, 0.15) is 43.7 Å². The fourth-order valence-corrected chi connectivity index (χ4v) is 1.44. The number of nitrogens with one attached hydrogen (secondary N) is 2. The summed E-state index contributed by atoms with van der Waals surface area (Å²) in [5, 5.41) is 5.78. The highest BCUT2D eigenvalue weighted by Gasteiger charge is 2.18. The summed E-state index contributed by atoms with van der Waals surface area (Å²) in [6.45, 7) is 8.77. The summed E-state index contributed by atoms with van der Waals surface area (Å²) >= 11 is 0. The molecule has 0 bridgehead atoms. The van der Waals surface area contributed by atoms with Crippen molar-refractivity contribution in [1.29, 1.82) is 0 Å². The van der Waals surface area contributed by atoms with Crippen LogP contribution < -0.4 is 10.6 Å². The molecule has 17 heavy (non-hydrogen) atoms. The summed E-state index contributed by atoms with van der Waals surface area (Å²) in [5.74, 6) is 0.663. The Labute approximate surface area is 103 Å². The maximum absolute atomic E-state index is 11.8. The summed E-state index contributed by atoms with van der Waals surface area (Å²) in [4.78, 5) is 16.3. The third-order valence-corrected chi connectivity index (χ3v) is 2.45. The predicted molar refractivity (Wildman–Crippen MR) is 70.5 cm³/mol. The topological polar surface area (TPSA) is 54.0 Å². The number of amides is 1. The molecule has 0 atom stereocenters. The molecule has 0 fully saturated rings. The van der Waals surface area contributed by atoms with Gasteiger partial charge < -0.3 is 10.6 Å². The van der Waals surface area contributed by atoms with E-state index in [2.05, 4.69) is 36.4 Å². The molecule has 0 aromatic carbocycles. The zero-order valence-electron chi connectivity index (χ0n) is 11.2. The Bertz CT molecular complexity index is 408. The molecule has 4 nitrogen and oxygen atoms in total. The van der Waals surface area contributed by atoms with Crippen molar-refractivity contribution in [2.75, 3.05) is 18.9 Å². The lowest BCUT2D eigenvalue weighted by molar-refractivity contribution is 0.0955. The summed E-state index contributed by atoms with van der Waals surface area (Å²) in [5.41, 5.74) is 1.48. The maximum Gasteiger partial charge on any atom is 0.251 e. The molecule has 0 saturated carbocycles. The van der Waals surface area contributed by atoms with Gasteiger partial charge >= 0.3 is 0 Å². The number of aromatic nitrogens is 1. The molecule has 0 saturated heterocycles. The minimum atomic E-state index is -0.0753. The average Bonchev–Trinajstić information content (AvgIpc) is 2.27. The van der Waals surface area contributed by atoms with Crippen LogP contribution in [0.5, 0.6) is 0 Å². The van der Waals surface area contributed by atoms with Gasteiger partial charge in [0.25, 0.3) is 5.91 Å². The number of carbonyl (C=O) groups is 1. The van der Waals surface area contributed by atoms with E-state index in [1.807, 2.05) is 13.0 Å². The number of hydrogen-bond donors (Lipinski definition) is 2.